The van der Waals surface area contributed by atoms with E-state index < -0.39 is 5.41 Å². The van der Waals surface area contributed by atoms with Gasteiger partial charge in [-0.1, -0.05) is 22.0 Å². The second-order valence-electron chi connectivity index (χ2n) is 5.02. The van der Waals surface area contributed by atoms with Crippen molar-refractivity contribution >= 4 is 33.4 Å². The summed E-state index contributed by atoms with van der Waals surface area (Å²) in [4.78, 5) is 26.6. The van der Waals surface area contributed by atoms with Crippen LogP contribution in [0.3, 0.4) is 0 Å². The summed E-state index contributed by atoms with van der Waals surface area (Å²) in [5.41, 5.74) is -0.128. The van der Waals surface area contributed by atoms with E-state index in [9.17, 15) is 9.59 Å². The molecular formula is C15H19BrN2O2. The molecule has 1 aliphatic rings. The standard InChI is InChI=1S/C15H19BrN2O2/c1-3-18(4-2)14(20)15(8-9-15)13(19)17-12-7-5-6-11(16)10-12/h5-7,10H,3-4,8-9H2,1-2H3,(H,17,19). The third-order valence-corrected chi connectivity index (χ3v) is 4.22. The molecule has 1 N–H and O–H groups in total. The summed E-state index contributed by atoms with van der Waals surface area (Å²) in [6.45, 7) is 5.15. The number of amides is 2. The predicted molar refractivity (Wildman–Crippen MR) is 82.4 cm³/mol. The molecule has 0 bridgehead atoms. The van der Waals surface area contributed by atoms with Gasteiger partial charge in [0.2, 0.25) is 11.8 Å². The van der Waals surface area contributed by atoms with Crippen molar-refractivity contribution in [3.05, 3.63) is 28.7 Å². The molecule has 20 heavy (non-hydrogen) atoms. The fourth-order valence-corrected chi connectivity index (χ4v) is 2.69. The van der Waals surface area contributed by atoms with Gasteiger partial charge in [-0.2, -0.15) is 0 Å². The first-order valence-electron chi connectivity index (χ1n) is 6.90. The third-order valence-electron chi connectivity index (χ3n) is 3.73. The number of carbonyl (C=O) groups is 2. The third kappa shape index (κ3) is 2.87. The summed E-state index contributed by atoms with van der Waals surface area (Å²) in [5, 5.41) is 2.85. The number of hydrogen-bond donors (Lipinski definition) is 1. The van der Waals surface area contributed by atoms with E-state index in [2.05, 4.69) is 21.2 Å². The van der Waals surface area contributed by atoms with Crippen LogP contribution in [-0.2, 0) is 9.59 Å². The number of halogens is 1. The molecule has 0 atom stereocenters. The minimum Gasteiger partial charge on any atom is -0.342 e. The summed E-state index contributed by atoms with van der Waals surface area (Å²) < 4.78 is 0.898. The van der Waals surface area contributed by atoms with E-state index in [1.54, 1.807) is 4.90 Å². The van der Waals surface area contributed by atoms with E-state index in [-0.39, 0.29) is 11.8 Å². The van der Waals surface area contributed by atoms with Gasteiger partial charge in [0.15, 0.2) is 0 Å². The minimum atomic E-state index is -0.839. The van der Waals surface area contributed by atoms with Gasteiger partial charge in [0.1, 0.15) is 5.41 Å². The second kappa shape index (κ2) is 5.95. The monoisotopic (exact) mass is 338 g/mol. The smallest absolute Gasteiger partial charge is 0.240 e. The fraction of sp³-hybridized carbons (Fsp3) is 0.467. The zero-order chi connectivity index (χ0) is 14.8. The van der Waals surface area contributed by atoms with Gasteiger partial charge in [-0.25, -0.2) is 0 Å². The van der Waals surface area contributed by atoms with E-state index in [4.69, 9.17) is 0 Å². The molecule has 1 aromatic rings. The highest BCUT2D eigenvalue weighted by atomic mass is 79.9. The van der Waals surface area contributed by atoms with Gasteiger partial charge in [-0.3, -0.25) is 9.59 Å². The van der Waals surface area contributed by atoms with Gasteiger partial charge >= 0.3 is 0 Å². The second-order valence-corrected chi connectivity index (χ2v) is 5.94. The first-order chi connectivity index (χ1) is 9.53. The van der Waals surface area contributed by atoms with Crippen molar-refractivity contribution < 1.29 is 9.59 Å². The highest BCUT2D eigenvalue weighted by Crippen LogP contribution is 2.48. The normalized spacial score (nSPS) is 15.6. The van der Waals surface area contributed by atoms with Gasteiger partial charge in [0.05, 0.1) is 0 Å². The number of nitrogens with zero attached hydrogens (tertiary/aromatic N) is 1. The number of hydrogen-bond acceptors (Lipinski definition) is 2. The molecule has 0 radical (unpaired) electrons. The summed E-state index contributed by atoms with van der Waals surface area (Å²) in [7, 11) is 0. The Morgan fingerprint density at radius 1 is 1.30 bits per heavy atom. The topological polar surface area (TPSA) is 49.4 Å². The molecular weight excluding hydrogens is 320 g/mol. The Kier molecular flexibility index (Phi) is 4.48. The Balaban J connectivity index is 2.10. The Hall–Kier alpha value is -1.36. The number of nitrogens with one attached hydrogen (secondary N) is 1. The zero-order valence-electron chi connectivity index (χ0n) is 11.8. The first kappa shape index (κ1) is 15.0. The van der Waals surface area contributed by atoms with E-state index in [1.807, 2.05) is 38.1 Å². The van der Waals surface area contributed by atoms with Gasteiger partial charge < -0.3 is 10.2 Å². The van der Waals surface area contributed by atoms with Crippen molar-refractivity contribution in [3.63, 3.8) is 0 Å². The summed E-state index contributed by atoms with van der Waals surface area (Å²) >= 11 is 3.37. The summed E-state index contributed by atoms with van der Waals surface area (Å²) in [6.07, 6.45) is 1.28. The molecule has 0 unspecified atom stereocenters. The number of benzene rings is 1. The van der Waals surface area contributed by atoms with Crippen LogP contribution in [0.2, 0.25) is 0 Å². The van der Waals surface area contributed by atoms with Gasteiger partial charge in [0, 0.05) is 23.2 Å². The van der Waals surface area contributed by atoms with Gasteiger partial charge in [-0.05, 0) is 44.9 Å². The van der Waals surface area contributed by atoms with Gasteiger partial charge in [0.25, 0.3) is 0 Å². The quantitative estimate of drug-likeness (QED) is 0.839. The lowest BCUT2D eigenvalue weighted by atomic mass is 10.0. The summed E-state index contributed by atoms with van der Waals surface area (Å²) in [5.74, 6) is -0.234. The van der Waals surface area contributed by atoms with Crippen molar-refractivity contribution in [1.29, 1.82) is 0 Å². The van der Waals surface area contributed by atoms with E-state index in [0.29, 0.717) is 31.6 Å². The number of carbonyl (C=O) groups excluding carboxylic acids is 2. The van der Waals surface area contributed by atoms with E-state index in [0.717, 1.165) is 4.47 Å². The van der Waals surface area contributed by atoms with Crippen molar-refractivity contribution in [3.8, 4) is 0 Å². The highest BCUT2D eigenvalue weighted by molar-refractivity contribution is 9.10. The van der Waals surface area contributed by atoms with Crippen LogP contribution in [0.25, 0.3) is 0 Å². The van der Waals surface area contributed by atoms with Crippen LogP contribution >= 0.6 is 15.9 Å². The molecule has 1 aromatic carbocycles. The molecule has 5 heteroatoms. The SMILES string of the molecule is CCN(CC)C(=O)C1(C(=O)Nc2cccc(Br)c2)CC1. The lowest BCUT2D eigenvalue weighted by molar-refractivity contribution is -0.141. The first-order valence-corrected chi connectivity index (χ1v) is 7.69. The van der Waals surface area contributed by atoms with Crippen LogP contribution in [-0.4, -0.2) is 29.8 Å². The number of anilines is 1. The minimum absolute atomic E-state index is 0.0463. The maximum atomic E-state index is 12.4. The van der Waals surface area contributed by atoms with E-state index in [1.165, 1.54) is 0 Å². The number of rotatable bonds is 5. The van der Waals surface area contributed by atoms with Crippen molar-refractivity contribution in [1.82, 2.24) is 4.90 Å². The Morgan fingerprint density at radius 2 is 1.95 bits per heavy atom. The van der Waals surface area contributed by atoms with Crippen LogP contribution in [0.5, 0.6) is 0 Å². The molecule has 1 fully saturated rings. The summed E-state index contributed by atoms with van der Waals surface area (Å²) in [6, 6.07) is 7.39. The fourth-order valence-electron chi connectivity index (χ4n) is 2.29. The van der Waals surface area contributed by atoms with Crippen LogP contribution in [0.15, 0.2) is 28.7 Å². The molecule has 0 aliphatic heterocycles. The molecule has 0 heterocycles. The molecule has 2 amide bonds. The van der Waals surface area contributed by atoms with Crippen LogP contribution in [0.4, 0.5) is 5.69 Å². The van der Waals surface area contributed by atoms with Gasteiger partial charge in [-0.15, -0.1) is 0 Å². The molecule has 1 saturated carbocycles. The average Bonchev–Trinajstić information content (AvgIpc) is 3.21. The lowest BCUT2D eigenvalue weighted by Crippen LogP contribution is -2.42. The van der Waals surface area contributed by atoms with E-state index >= 15 is 0 Å². The largest absolute Gasteiger partial charge is 0.342 e. The molecule has 108 valence electrons. The van der Waals surface area contributed by atoms with Crippen LogP contribution in [0.1, 0.15) is 26.7 Å². The van der Waals surface area contributed by atoms with Crippen molar-refractivity contribution in [2.45, 2.75) is 26.7 Å². The Bertz CT molecular complexity index is 522. The van der Waals surface area contributed by atoms with Crippen LogP contribution < -0.4 is 5.32 Å². The zero-order valence-corrected chi connectivity index (χ0v) is 13.4. The van der Waals surface area contributed by atoms with Crippen LogP contribution in [0, 0.1) is 5.41 Å². The Labute approximate surface area is 127 Å². The molecule has 0 aromatic heterocycles. The molecule has 0 saturated heterocycles. The average molecular weight is 339 g/mol. The maximum absolute atomic E-state index is 12.4. The predicted octanol–water partition coefficient (Wildman–Crippen LogP) is 3.04. The molecule has 1 aliphatic carbocycles. The Morgan fingerprint density at radius 3 is 2.45 bits per heavy atom. The molecule has 0 spiro atoms. The lowest BCUT2D eigenvalue weighted by Gasteiger charge is -2.24. The maximum Gasteiger partial charge on any atom is 0.240 e. The molecule has 4 nitrogen and oxygen atoms in total. The van der Waals surface area contributed by atoms with Crippen molar-refractivity contribution in [2.75, 3.05) is 18.4 Å². The van der Waals surface area contributed by atoms with Crippen molar-refractivity contribution in [2.24, 2.45) is 5.41 Å². The molecule has 2 rings (SSSR count). The highest BCUT2D eigenvalue weighted by Gasteiger charge is 2.57.